The Kier molecular flexibility index (Phi) is 59.7. The van der Waals surface area contributed by atoms with Crippen LogP contribution in [0.25, 0.3) is 0 Å². The van der Waals surface area contributed by atoms with Crippen molar-refractivity contribution >= 4 is 23.9 Å². The highest BCUT2D eigenvalue weighted by Gasteiger charge is 2.19. The predicted octanol–water partition coefficient (Wildman–Crippen LogP) is 19.5. The molecule has 69 heavy (non-hydrogen) atoms. The molecule has 0 saturated carbocycles. The van der Waals surface area contributed by atoms with Gasteiger partial charge in [0.05, 0.1) is 6.26 Å². The first kappa shape index (κ1) is 68.7. The monoisotopic (exact) mass is 977 g/mol. The summed E-state index contributed by atoms with van der Waals surface area (Å²) in [6.07, 6.45) is 59.1. The van der Waals surface area contributed by atoms with Crippen molar-refractivity contribution in [1.82, 2.24) is 0 Å². The fourth-order valence-corrected chi connectivity index (χ4v) is 8.92. The van der Waals surface area contributed by atoms with Gasteiger partial charge in [-0.15, -0.1) is 0 Å². The van der Waals surface area contributed by atoms with Crippen LogP contribution in [0.15, 0.2) is 12.8 Å². The highest BCUT2D eigenvalue weighted by molar-refractivity contribution is 5.71. The summed E-state index contributed by atoms with van der Waals surface area (Å²) in [6, 6.07) is 0. The molecule has 0 unspecified atom stereocenters. The summed E-state index contributed by atoms with van der Waals surface area (Å²) >= 11 is 0. The maximum atomic E-state index is 12.8. The lowest BCUT2D eigenvalue weighted by atomic mass is 10.0. The van der Waals surface area contributed by atoms with E-state index in [1.165, 1.54) is 238 Å². The largest absolute Gasteiger partial charge is 0.462 e. The molecule has 0 rings (SSSR count). The second kappa shape index (κ2) is 59.9. The van der Waals surface area contributed by atoms with Crippen LogP contribution in [0.3, 0.4) is 0 Å². The van der Waals surface area contributed by atoms with Crippen molar-refractivity contribution in [2.75, 3.05) is 13.2 Å². The Balaban J connectivity index is 0. The molecule has 0 aliphatic rings. The highest BCUT2D eigenvalue weighted by Crippen LogP contribution is 2.18. The quantitative estimate of drug-likeness (QED) is 0.0257. The van der Waals surface area contributed by atoms with Gasteiger partial charge in [-0.25, -0.2) is 0 Å². The van der Waals surface area contributed by atoms with E-state index in [1.54, 1.807) is 0 Å². The molecule has 0 bridgehead atoms. The molecule has 0 heterocycles. The van der Waals surface area contributed by atoms with E-state index >= 15 is 0 Å². The standard InChI is InChI=1S/C57H110O6.C4H6O2/c1-4-7-10-13-16-19-22-25-28-31-34-37-40-43-46-49-55(58)61-52-54(63-57(60)51-48-45-42-39-36-33-30-27-24-21-18-15-12-9-6-3)53-62-56(59)50-47-44-41-38-35-32-29-26-23-20-17-14-11-8-5-2;1-3-6-4(2)5/h54H,4-53H2,1-3H3;3H,1H2,2H3. The summed E-state index contributed by atoms with van der Waals surface area (Å²) in [5.41, 5.74) is 0. The summed E-state index contributed by atoms with van der Waals surface area (Å²) in [5.74, 6) is -1.16. The molecule has 0 atom stereocenters. The van der Waals surface area contributed by atoms with E-state index in [9.17, 15) is 19.2 Å². The van der Waals surface area contributed by atoms with E-state index in [1.807, 2.05) is 0 Å². The third-order valence-electron chi connectivity index (χ3n) is 13.4. The Morgan fingerprint density at radius 2 is 0.536 bits per heavy atom. The van der Waals surface area contributed by atoms with E-state index in [4.69, 9.17) is 14.2 Å². The minimum Gasteiger partial charge on any atom is -0.462 e. The third-order valence-corrected chi connectivity index (χ3v) is 13.4. The number of carbonyl (C=O) groups excluding carboxylic acids is 4. The molecule has 0 amide bonds. The van der Waals surface area contributed by atoms with Crippen molar-refractivity contribution in [2.45, 2.75) is 342 Å². The Morgan fingerprint density at radius 1 is 0.333 bits per heavy atom. The zero-order chi connectivity index (χ0) is 50.8. The SMILES string of the molecule is C=COC(C)=O.CCCCCCCCCCCCCCCCCC(=O)OCC(COC(=O)CCCCCCCCCCCCCCCCC)OC(=O)CCCCCCCCCCCCCCCCC. The molecule has 8 nitrogen and oxygen atoms in total. The van der Waals surface area contributed by atoms with Gasteiger partial charge < -0.3 is 18.9 Å². The lowest BCUT2D eigenvalue weighted by Crippen LogP contribution is -2.30. The lowest BCUT2D eigenvalue weighted by Gasteiger charge is -2.18. The van der Waals surface area contributed by atoms with Gasteiger partial charge in [-0.1, -0.05) is 297 Å². The van der Waals surface area contributed by atoms with Gasteiger partial charge in [0.2, 0.25) is 0 Å². The number of esters is 4. The molecule has 8 heteroatoms. The van der Waals surface area contributed by atoms with Crippen molar-refractivity contribution in [3.8, 4) is 0 Å². The zero-order valence-electron chi connectivity index (χ0n) is 46.5. The summed E-state index contributed by atoms with van der Waals surface area (Å²) in [4.78, 5) is 47.8. The van der Waals surface area contributed by atoms with Crippen LogP contribution in [0.2, 0.25) is 0 Å². The van der Waals surface area contributed by atoms with Gasteiger partial charge in [-0.2, -0.15) is 0 Å². The molecule has 0 aliphatic carbocycles. The van der Waals surface area contributed by atoms with E-state index < -0.39 is 6.10 Å². The first-order valence-corrected chi connectivity index (χ1v) is 30.1. The summed E-state index contributed by atoms with van der Waals surface area (Å²) < 4.78 is 21.0. The molecule has 0 fully saturated rings. The molecule has 0 aromatic rings. The number of unbranched alkanes of at least 4 members (excludes halogenated alkanes) is 42. The molecule has 0 radical (unpaired) electrons. The topological polar surface area (TPSA) is 105 Å². The van der Waals surface area contributed by atoms with Crippen LogP contribution >= 0.6 is 0 Å². The van der Waals surface area contributed by atoms with Crippen LogP contribution in [0.1, 0.15) is 336 Å². The van der Waals surface area contributed by atoms with Crippen molar-refractivity contribution in [1.29, 1.82) is 0 Å². The smallest absolute Gasteiger partial charge is 0.307 e. The van der Waals surface area contributed by atoms with Gasteiger partial charge in [0.15, 0.2) is 6.10 Å². The summed E-state index contributed by atoms with van der Waals surface area (Å²) in [7, 11) is 0. The molecule has 408 valence electrons. The number of hydrogen-bond donors (Lipinski definition) is 0. The maximum Gasteiger partial charge on any atom is 0.307 e. The van der Waals surface area contributed by atoms with E-state index in [0.29, 0.717) is 19.3 Å². The van der Waals surface area contributed by atoms with E-state index in [2.05, 4.69) is 32.1 Å². The van der Waals surface area contributed by atoms with Crippen molar-refractivity contribution < 1.29 is 38.1 Å². The Bertz CT molecular complexity index is 1040. The van der Waals surface area contributed by atoms with Gasteiger partial charge >= 0.3 is 23.9 Å². The second-order valence-corrected chi connectivity index (χ2v) is 20.4. The zero-order valence-corrected chi connectivity index (χ0v) is 46.5. The van der Waals surface area contributed by atoms with Crippen LogP contribution < -0.4 is 0 Å². The third kappa shape index (κ3) is 61.7. The molecule has 0 aliphatic heterocycles. The highest BCUT2D eigenvalue weighted by atomic mass is 16.6. The van der Waals surface area contributed by atoms with Gasteiger partial charge in [0, 0.05) is 26.2 Å². The van der Waals surface area contributed by atoms with Crippen LogP contribution in [-0.4, -0.2) is 43.2 Å². The average Bonchev–Trinajstić information content (AvgIpc) is 3.33. The number of hydrogen-bond acceptors (Lipinski definition) is 8. The second-order valence-electron chi connectivity index (χ2n) is 20.4. The van der Waals surface area contributed by atoms with E-state index in [0.717, 1.165) is 64.0 Å². The molecular weight excluding hydrogens is 861 g/mol. The fourth-order valence-electron chi connectivity index (χ4n) is 8.92. The molecule has 0 N–H and O–H groups in total. The summed E-state index contributed by atoms with van der Waals surface area (Å²) in [6.45, 7) is 11.2. The van der Waals surface area contributed by atoms with Crippen molar-refractivity contribution in [2.24, 2.45) is 0 Å². The van der Waals surface area contributed by atoms with Crippen LogP contribution in [0.4, 0.5) is 0 Å². The molecule has 0 aromatic heterocycles. The summed E-state index contributed by atoms with van der Waals surface area (Å²) in [5, 5.41) is 0. The molecule has 0 saturated heterocycles. The van der Waals surface area contributed by atoms with Gasteiger partial charge in [0.1, 0.15) is 13.2 Å². The normalized spacial score (nSPS) is 11.0. The first-order chi connectivity index (χ1) is 33.8. The predicted molar refractivity (Wildman–Crippen MR) is 292 cm³/mol. The van der Waals surface area contributed by atoms with Gasteiger partial charge in [-0.05, 0) is 19.3 Å². The van der Waals surface area contributed by atoms with Crippen LogP contribution in [-0.2, 0) is 38.1 Å². The minimum absolute atomic E-state index is 0.0611. The first-order valence-electron chi connectivity index (χ1n) is 30.1. The fraction of sp³-hybridized carbons (Fsp3) is 0.902. The Labute approximate surface area is 428 Å². The Morgan fingerprint density at radius 3 is 0.725 bits per heavy atom. The average molecular weight is 978 g/mol. The maximum absolute atomic E-state index is 12.8. The number of carbonyl (C=O) groups is 4. The number of rotatable bonds is 54. The van der Waals surface area contributed by atoms with Crippen LogP contribution in [0.5, 0.6) is 0 Å². The van der Waals surface area contributed by atoms with Crippen molar-refractivity contribution in [3.05, 3.63) is 12.8 Å². The molecule has 0 spiro atoms. The van der Waals surface area contributed by atoms with E-state index in [-0.39, 0.29) is 37.1 Å². The minimum atomic E-state index is -0.760. The number of ether oxygens (including phenoxy) is 4. The Hall–Kier alpha value is -2.38. The van der Waals surface area contributed by atoms with Gasteiger partial charge in [-0.3, -0.25) is 19.2 Å². The molecular formula is C61H116O8. The van der Waals surface area contributed by atoms with Gasteiger partial charge in [0.25, 0.3) is 0 Å². The molecule has 0 aromatic carbocycles. The lowest BCUT2D eigenvalue weighted by molar-refractivity contribution is -0.167. The van der Waals surface area contributed by atoms with Crippen LogP contribution in [0, 0.1) is 0 Å². The van der Waals surface area contributed by atoms with Crippen molar-refractivity contribution in [3.63, 3.8) is 0 Å².